The van der Waals surface area contributed by atoms with Gasteiger partial charge in [0.05, 0.1) is 26.9 Å². The summed E-state index contributed by atoms with van der Waals surface area (Å²) in [6, 6.07) is 11.6. The van der Waals surface area contributed by atoms with Gasteiger partial charge in [0.25, 0.3) is 0 Å². The molecule has 0 saturated carbocycles. The van der Waals surface area contributed by atoms with Crippen molar-refractivity contribution < 1.29 is 14.9 Å². The molecule has 1 aliphatic heterocycles. The van der Waals surface area contributed by atoms with Crippen molar-refractivity contribution in [2.24, 2.45) is 5.92 Å². The lowest BCUT2D eigenvalue weighted by atomic mass is 9.97. The van der Waals surface area contributed by atoms with Gasteiger partial charge in [-0.25, -0.2) is 0 Å². The second kappa shape index (κ2) is 6.18. The molecule has 0 bridgehead atoms. The molecule has 1 saturated heterocycles. The predicted molar refractivity (Wildman–Crippen MR) is 79.3 cm³/mol. The molecular weight excluding hydrogens is 256 g/mol. The Morgan fingerprint density at radius 3 is 2.58 bits per heavy atom. The first-order valence-electron chi connectivity index (χ1n) is 7.00. The van der Waals surface area contributed by atoms with Gasteiger partial charge in [0.1, 0.15) is 0 Å². The Balaban J connectivity index is 2.07. The van der Waals surface area contributed by atoms with Crippen molar-refractivity contribution >= 4 is 13.3 Å². The van der Waals surface area contributed by atoms with E-state index in [9.17, 15) is 5.11 Å². The van der Waals surface area contributed by atoms with E-state index < -0.39 is 14.2 Å². The zero-order chi connectivity index (χ0) is 13.9. The maximum atomic E-state index is 9.94. The van der Waals surface area contributed by atoms with Crippen LogP contribution in [0.2, 0.25) is 19.1 Å². The van der Waals surface area contributed by atoms with Gasteiger partial charge < -0.3 is 14.9 Å². The van der Waals surface area contributed by atoms with Crippen LogP contribution in [-0.4, -0.2) is 43.7 Å². The lowest BCUT2D eigenvalue weighted by Crippen LogP contribution is -2.45. The molecule has 1 aliphatic rings. The third-order valence-electron chi connectivity index (χ3n) is 4.18. The van der Waals surface area contributed by atoms with Crippen molar-refractivity contribution in [2.45, 2.75) is 37.8 Å². The van der Waals surface area contributed by atoms with Gasteiger partial charge >= 0.3 is 0 Å². The molecule has 2 rings (SSSR count). The Hall–Kier alpha value is -0.683. The van der Waals surface area contributed by atoms with Crippen molar-refractivity contribution in [3.63, 3.8) is 0 Å². The molecule has 0 radical (unpaired) electrons. The summed E-state index contributed by atoms with van der Waals surface area (Å²) in [4.78, 5) is 0. The molecule has 1 fully saturated rings. The first-order valence-corrected chi connectivity index (χ1v) is 10.2. The average molecular weight is 280 g/mol. The van der Waals surface area contributed by atoms with Crippen molar-refractivity contribution in [1.29, 1.82) is 0 Å². The fourth-order valence-corrected chi connectivity index (χ4v) is 5.72. The van der Waals surface area contributed by atoms with Gasteiger partial charge in [0, 0.05) is 12.5 Å². The van der Waals surface area contributed by atoms with Crippen LogP contribution in [-0.2, 0) is 4.74 Å². The van der Waals surface area contributed by atoms with E-state index in [0.29, 0.717) is 13.0 Å². The topological polar surface area (TPSA) is 49.7 Å². The molecule has 4 heteroatoms. The van der Waals surface area contributed by atoms with Crippen molar-refractivity contribution in [3.05, 3.63) is 30.3 Å². The van der Waals surface area contributed by atoms with Crippen LogP contribution in [0.25, 0.3) is 0 Å². The van der Waals surface area contributed by atoms with Gasteiger partial charge in [0.2, 0.25) is 0 Å². The molecule has 1 aromatic carbocycles. The van der Waals surface area contributed by atoms with E-state index >= 15 is 0 Å². The third kappa shape index (κ3) is 3.45. The summed E-state index contributed by atoms with van der Waals surface area (Å²) >= 11 is 0. The third-order valence-corrected chi connectivity index (χ3v) is 7.50. The molecule has 0 amide bonds. The highest BCUT2D eigenvalue weighted by molar-refractivity contribution is 6.89. The summed E-state index contributed by atoms with van der Waals surface area (Å²) in [6.07, 6.45) is 0.298. The molecule has 1 heterocycles. The molecule has 106 valence electrons. The lowest BCUT2D eigenvalue weighted by molar-refractivity contribution is 0.0944. The van der Waals surface area contributed by atoms with E-state index in [1.54, 1.807) is 0 Å². The Bertz CT molecular complexity index is 394. The molecule has 0 aliphatic carbocycles. The van der Waals surface area contributed by atoms with Crippen molar-refractivity contribution in [2.75, 3.05) is 13.2 Å². The Kier molecular flexibility index (Phi) is 4.79. The fourth-order valence-electron chi connectivity index (χ4n) is 2.96. The minimum atomic E-state index is -1.56. The van der Waals surface area contributed by atoms with Crippen LogP contribution in [0, 0.1) is 5.92 Å². The molecule has 19 heavy (non-hydrogen) atoms. The minimum absolute atomic E-state index is 0.0838. The quantitative estimate of drug-likeness (QED) is 0.801. The van der Waals surface area contributed by atoms with E-state index in [-0.39, 0.29) is 18.6 Å². The number of benzene rings is 1. The monoisotopic (exact) mass is 280 g/mol. The van der Waals surface area contributed by atoms with E-state index in [1.807, 2.05) is 6.07 Å². The smallest absolute Gasteiger partial charge is 0.0831 e. The first-order chi connectivity index (χ1) is 9.04. The summed E-state index contributed by atoms with van der Waals surface area (Å²) in [5, 5.41) is 20.5. The molecule has 0 unspecified atom stereocenters. The van der Waals surface area contributed by atoms with Gasteiger partial charge in [-0.1, -0.05) is 48.6 Å². The molecular formula is C15H24O3Si. The molecule has 1 aromatic rings. The summed E-state index contributed by atoms with van der Waals surface area (Å²) < 4.78 is 5.76. The van der Waals surface area contributed by atoms with Crippen LogP contribution in [0.15, 0.2) is 30.3 Å². The lowest BCUT2D eigenvalue weighted by Gasteiger charge is -2.29. The SMILES string of the molecule is C[Si](C)(C[C@@H]1OC[C@@H](O)[C@H]1CCO)c1ccccc1. The van der Waals surface area contributed by atoms with Crippen LogP contribution >= 0.6 is 0 Å². The maximum Gasteiger partial charge on any atom is 0.0831 e. The first kappa shape index (κ1) is 14.7. The van der Waals surface area contributed by atoms with E-state index in [0.717, 1.165) is 6.04 Å². The van der Waals surface area contributed by atoms with Crippen LogP contribution in [0.1, 0.15) is 6.42 Å². The summed E-state index contributed by atoms with van der Waals surface area (Å²) in [5.74, 6) is 0.0838. The van der Waals surface area contributed by atoms with Gasteiger partial charge in [0.15, 0.2) is 0 Å². The van der Waals surface area contributed by atoms with Gasteiger partial charge in [-0.05, 0) is 12.5 Å². The van der Waals surface area contributed by atoms with Crippen LogP contribution in [0.4, 0.5) is 0 Å². The number of aliphatic hydroxyl groups is 2. The Morgan fingerprint density at radius 2 is 1.95 bits per heavy atom. The normalized spacial score (nSPS) is 27.7. The largest absolute Gasteiger partial charge is 0.396 e. The number of rotatable bonds is 5. The van der Waals surface area contributed by atoms with Gasteiger partial charge in [-0.3, -0.25) is 0 Å². The average Bonchev–Trinajstić information content (AvgIpc) is 2.73. The summed E-state index contributed by atoms with van der Waals surface area (Å²) in [7, 11) is -1.56. The molecule has 2 N–H and O–H groups in total. The molecule has 3 atom stereocenters. The fraction of sp³-hybridized carbons (Fsp3) is 0.600. The zero-order valence-electron chi connectivity index (χ0n) is 11.7. The second-order valence-corrected chi connectivity index (χ2v) is 10.8. The van der Waals surface area contributed by atoms with Crippen molar-refractivity contribution in [3.8, 4) is 0 Å². The van der Waals surface area contributed by atoms with E-state index in [1.165, 1.54) is 5.19 Å². The van der Waals surface area contributed by atoms with Crippen LogP contribution in [0.3, 0.4) is 0 Å². The minimum Gasteiger partial charge on any atom is -0.396 e. The number of aliphatic hydroxyl groups excluding tert-OH is 2. The Morgan fingerprint density at radius 1 is 1.26 bits per heavy atom. The number of hydrogen-bond acceptors (Lipinski definition) is 3. The highest BCUT2D eigenvalue weighted by Gasteiger charge is 2.39. The standard InChI is InChI=1S/C15H24O3Si/c1-19(2,12-6-4-3-5-7-12)11-15-13(8-9-16)14(17)10-18-15/h3-7,13-17H,8-11H2,1-2H3/t13-,14-,15+/m1/s1. The molecule has 3 nitrogen and oxygen atoms in total. The maximum absolute atomic E-state index is 9.94. The van der Waals surface area contributed by atoms with Crippen molar-refractivity contribution in [1.82, 2.24) is 0 Å². The van der Waals surface area contributed by atoms with E-state index in [2.05, 4.69) is 37.4 Å². The van der Waals surface area contributed by atoms with Crippen LogP contribution < -0.4 is 5.19 Å². The second-order valence-electron chi connectivity index (χ2n) is 6.07. The zero-order valence-corrected chi connectivity index (χ0v) is 12.7. The summed E-state index contributed by atoms with van der Waals surface area (Å²) in [6.45, 7) is 5.21. The highest BCUT2D eigenvalue weighted by atomic mass is 28.3. The highest BCUT2D eigenvalue weighted by Crippen LogP contribution is 2.30. The predicted octanol–water partition coefficient (Wildman–Crippen LogP) is 1.36. The van der Waals surface area contributed by atoms with Gasteiger partial charge in [-0.2, -0.15) is 0 Å². The molecule has 0 aromatic heterocycles. The molecule has 0 spiro atoms. The van der Waals surface area contributed by atoms with E-state index in [4.69, 9.17) is 9.84 Å². The number of ether oxygens (including phenoxy) is 1. The van der Waals surface area contributed by atoms with Crippen LogP contribution in [0.5, 0.6) is 0 Å². The number of hydrogen-bond donors (Lipinski definition) is 2. The van der Waals surface area contributed by atoms with Gasteiger partial charge in [-0.15, -0.1) is 0 Å². The Labute approximate surface area is 116 Å². The summed E-state index contributed by atoms with van der Waals surface area (Å²) in [5.41, 5.74) is 0.